The van der Waals surface area contributed by atoms with E-state index in [2.05, 4.69) is 12.2 Å². The van der Waals surface area contributed by atoms with E-state index < -0.39 is 0 Å². The molecule has 26 heavy (non-hydrogen) atoms. The van der Waals surface area contributed by atoms with Crippen molar-refractivity contribution >= 4 is 40.4 Å². The molecular formula is C21H35Cl2NOS. The van der Waals surface area contributed by atoms with Crippen LogP contribution in [-0.2, 0) is 0 Å². The largest absolute Gasteiger partial charge is 0.351 e. The summed E-state index contributed by atoms with van der Waals surface area (Å²) in [6.45, 7) is 3.00. The van der Waals surface area contributed by atoms with E-state index in [0.29, 0.717) is 14.2 Å². The van der Waals surface area contributed by atoms with Gasteiger partial charge in [0.25, 0.3) is 5.91 Å². The number of amides is 1. The number of thiophene rings is 1. The second-order valence-electron chi connectivity index (χ2n) is 7.08. The van der Waals surface area contributed by atoms with Crippen molar-refractivity contribution in [1.29, 1.82) is 0 Å². The maximum atomic E-state index is 11.9. The molecule has 5 heteroatoms. The fraction of sp³-hybridized carbons (Fsp3) is 0.762. The third-order valence-electron chi connectivity index (χ3n) is 4.68. The van der Waals surface area contributed by atoms with Crippen LogP contribution in [0.5, 0.6) is 0 Å². The fourth-order valence-electron chi connectivity index (χ4n) is 3.07. The Labute approximate surface area is 174 Å². The number of unbranched alkanes of at least 4 members (excludes halogenated alkanes) is 13. The van der Waals surface area contributed by atoms with Gasteiger partial charge in [-0.25, -0.2) is 0 Å². The standard InChI is InChI=1S/C21H35Cl2NOS/c1-2-3-4-5-6-7-8-9-10-11-12-13-14-15-16-24-21(25)19-17-18(22)20(23)26-19/h17H,2-16H2,1H3,(H,24,25). The first-order valence-corrected chi connectivity index (χ1v) is 12.0. The van der Waals surface area contributed by atoms with Gasteiger partial charge in [-0.3, -0.25) is 4.79 Å². The lowest BCUT2D eigenvalue weighted by Crippen LogP contribution is -2.23. The summed E-state index contributed by atoms with van der Waals surface area (Å²) in [4.78, 5) is 12.5. The van der Waals surface area contributed by atoms with Crippen LogP contribution in [0.2, 0.25) is 9.36 Å². The lowest BCUT2D eigenvalue weighted by molar-refractivity contribution is 0.0957. The first-order valence-electron chi connectivity index (χ1n) is 10.4. The van der Waals surface area contributed by atoms with E-state index in [1.807, 2.05) is 0 Å². The third kappa shape index (κ3) is 11.5. The van der Waals surface area contributed by atoms with Crippen molar-refractivity contribution in [2.45, 2.75) is 96.8 Å². The van der Waals surface area contributed by atoms with Gasteiger partial charge >= 0.3 is 0 Å². The molecule has 0 radical (unpaired) electrons. The molecule has 0 aromatic carbocycles. The van der Waals surface area contributed by atoms with Gasteiger partial charge in [0.1, 0.15) is 4.34 Å². The third-order valence-corrected chi connectivity index (χ3v) is 6.55. The normalized spacial score (nSPS) is 11.0. The van der Waals surface area contributed by atoms with Crippen molar-refractivity contribution in [2.24, 2.45) is 0 Å². The highest BCUT2D eigenvalue weighted by Gasteiger charge is 2.11. The highest BCUT2D eigenvalue weighted by Crippen LogP contribution is 2.31. The van der Waals surface area contributed by atoms with Gasteiger partial charge in [0.05, 0.1) is 9.90 Å². The van der Waals surface area contributed by atoms with Crippen molar-refractivity contribution in [2.75, 3.05) is 6.54 Å². The van der Waals surface area contributed by atoms with Crippen LogP contribution in [0.4, 0.5) is 0 Å². The zero-order valence-electron chi connectivity index (χ0n) is 16.3. The van der Waals surface area contributed by atoms with Crippen LogP contribution < -0.4 is 5.32 Å². The van der Waals surface area contributed by atoms with Gasteiger partial charge in [0.2, 0.25) is 0 Å². The minimum Gasteiger partial charge on any atom is -0.351 e. The summed E-state index contributed by atoms with van der Waals surface area (Å²) in [6.07, 6.45) is 18.8. The molecule has 2 nitrogen and oxygen atoms in total. The van der Waals surface area contributed by atoms with E-state index in [1.165, 1.54) is 94.8 Å². The Hall–Kier alpha value is -0.250. The van der Waals surface area contributed by atoms with Gasteiger partial charge in [-0.2, -0.15) is 0 Å². The van der Waals surface area contributed by atoms with Gasteiger partial charge in [0.15, 0.2) is 0 Å². The Morgan fingerprint density at radius 3 is 1.73 bits per heavy atom. The van der Waals surface area contributed by atoms with Gasteiger partial charge in [0, 0.05) is 6.54 Å². The average molecular weight is 420 g/mol. The van der Waals surface area contributed by atoms with Crippen LogP contribution in [0.15, 0.2) is 6.07 Å². The summed E-state index contributed by atoms with van der Waals surface area (Å²) in [5, 5.41) is 3.39. The van der Waals surface area contributed by atoms with E-state index >= 15 is 0 Å². The SMILES string of the molecule is CCCCCCCCCCCCCCCCNC(=O)c1cc(Cl)c(Cl)s1. The Balaban J connectivity index is 1.83. The molecule has 0 fully saturated rings. The molecule has 1 rings (SSSR count). The minimum atomic E-state index is -0.0708. The summed E-state index contributed by atoms with van der Waals surface area (Å²) in [5.41, 5.74) is 0. The summed E-state index contributed by atoms with van der Waals surface area (Å²) >= 11 is 13.0. The molecule has 0 aliphatic rings. The van der Waals surface area contributed by atoms with E-state index in [9.17, 15) is 4.79 Å². The molecular weight excluding hydrogens is 385 g/mol. The molecule has 0 aliphatic heterocycles. The molecule has 1 aromatic heterocycles. The minimum absolute atomic E-state index is 0.0708. The lowest BCUT2D eigenvalue weighted by atomic mass is 10.0. The smallest absolute Gasteiger partial charge is 0.261 e. The van der Waals surface area contributed by atoms with Crippen molar-refractivity contribution < 1.29 is 4.79 Å². The van der Waals surface area contributed by atoms with Crippen molar-refractivity contribution in [3.8, 4) is 0 Å². The first-order chi connectivity index (χ1) is 12.6. The van der Waals surface area contributed by atoms with Gasteiger partial charge < -0.3 is 5.32 Å². The topological polar surface area (TPSA) is 29.1 Å². The molecule has 0 spiro atoms. The van der Waals surface area contributed by atoms with Crippen LogP contribution in [0.25, 0.3) is 0 Å². The second-order valence-corrected chi connectivity index (χ2v) is 9.15. The summed E-state index contributed by atoms with van der Waals surface area (Å²) < 4.78 is 0.480. The fourth-order valence-corrected chi connectivity index (χ4v) is 4.35. The van der Waals surface area contributed by atoms with Crippen molar-refractivity contribution in [3.63, 3.8) is 0 Å². The van der Waals surface area contributed by atoms with Crippen molar-refractivity contribution in [3.05, 3.63) is 20.3 Å². The van der Waals surface area contributed by atoms with Crippen molar-refractivity contribution in [1.82, 2.24) is 5.32 Å². The summed E-state index contributed by atoms with van der Waals surface area (Å²) in [6, 6.07) is 1.63. The molecule has 0 aliphatic carbocycles. The molecule has 0 atom stereocenters. The molecule has 1 amide bonds. The second kappa shape index (κ2) is 15.8. The molecule has 0 saturated heterocycles. The predicted molar refractivity (Wildman–Crippen MR) is 117 cm³/mol. The van der Waals surface area contributed by atoms with Crippen LogP contribution in [-0.4, -0.2) is 12.5 Å². The molecule has 0 saturated carbocycles. The zero-order valence-corrected chi connectivity index (χ0v) is 18.6. The van der Waals surface area contributed by atoms with Crippen LogP contribution >= 0.6 is 34.5 Å². The Bertz CT molecular complexity index is 471. The molecule has 0 unspecified atom stereocenters. The highest BCUT2D eigenvalue weighted by molar-refractivity contribution is 7.18. The number of carbonyl (C=O) groups is 1. The quantitative estimate of drug-likeness (QED) is 0.268. The molecule has 1 N–H and O–H groups in total. The number of nitrogens with one attached hydrogen (secondary N) is 1. The molecule has 0 bridgehead atoms. The average Bonchev–Trinajstić information content (AvgIpc) is 2.97. The molecule has 1 heterocycles. The van der Waals surface area contributed by atoms with Gasteiger partial charge in [-0.15, -0.1) is 11.3 Å². The van der Waals surface area contributed by atoms with E-state index in [0.717, 1.165) is 13.0 Å². The Morgan fingerprint density at radius 1 is 0.846 bits per heavy atom. The van der Waals surface area contributed by atoms with Crippen LogP contribution in [0.1, 0.15) is 106 Å². The summed E-state index contributed by atoms with van der Waals surface area (Å²) in [7, 11) is 0. The number of halogens is 2. The Kier molecular flexibility index (Phi) is 14.4. The lowest BCUT2D eigenvalue weighted by Gasteiger charge is -2.04. The maximum Gasteiger partial charge on any atom is 0.261 e. The summed E-state index contributed by atoms with van der Waals surface area (Å²) in [5.74, 6) is -0.0708. The molecule has 150 valence electrons. The first kappa shape index (κ1) is 23.8. The highest BCUT2D eigenvalue weighted by atomic mass is 35.5. The van der Waals surface area contributed by atoms with Crippen LogP contribution in [0, 0.1) is 0 Å². The van der Waals surface area contributed by atoms with Crippen LogP contribution in [0.3, 0.4) is 0 Å². The van der Waals surface area contributed by atoms with E-state index in [-0.39, 0.29) is 5.91 Å². The number of carbonyl (C=O) groups excluding carboxylic acids is 1. The monoisotopic (exact) mass is 419 g/mol. The Morgan fingerprint density at radius 2 is 1.31 bits per heavy atom. The van der Waals surface area contributed by atoms with E-state index in [1.54, 1.807) is 6.07 Å². The van der Waals surface area contributed by atoms with Gasteiger partial charge in [-0.05, 0) is 12.5 Å². The zero-order chi connectivity index (χ0) is 19.0. The van der Waals surface area contributed by atoms with Gasteiger partial charge in [-0.1, -0.05) is 114 Å². The molecule has 1 aromatic rings. The van der Waals surface area contributed by atoms with E-state index in [4.69, 9.17) is 23.2 Å². The predicted octanol–water partition coefficient (Wildman–Crippen LogP) is 8.27. The maximum absolute atomic E-state index is 11.9. The number of hydrogen-bond donors (Lipinski definition) is 1. The number of hydrogen-bond acceptors (Lipinski definition) is 2. The number of rotatable bonds is 16.